The van der Waals surface area contributed by atoms with E-state index >= 15 is 0 Å². The highest BCUT2D eigenvalue weighted by molar-refractivity contribution is 7.07. The fraction of sp³-hybridized carbons (Fsp3) is 0.500. The Morgan fingerprint density at radius 3 is 3.17 bits per heavy atom. The standard InChI is InChI=1S/C8H11NO2S/c9-3-7-4-10-8(11-7)6-1-2-12-5-6/h1-2,5,7-8H,3-4,9H2. The third-order valence-electron chi connectivity index (χ3n) is 1.83. The Morgan fingerprint density at radius 1 is 1.67 bits per heavy atom. The lowest BCUT2D eigenvalue weighted by Gasteiger charge is -2.07. The summed E-state index contributed by atoms with van der Waals surface area (Å²) in [7, 11) is 0. The highest BCUT2D eigenvalue weighted by Gasteiger charge is 2.26. The van der Waals surface area contributed by atoms with Gasteiger partial charge >= 0.3 is 0 Å². The van der Waals surface area contributed by atoms with Crippen LogP contribution in [-0.2, 0) is 9.47 Å². The van der Waals surface area contributed by atoms with E-state index in [9.17, 15) is 0 Å². The SMILES string of the molecule is NCC1COC(c2ccsc2)O1. The first kappa shape index (κ1) is 8.19. The van der Waals surface area contributed by atoms with Crippen LogP contribution in [0.25, 0.3) is 0 Å². The van der Waals surface area contributed by atoms with Gasteiger partial charge in [-0.1, -0.05) is 0 Å². The van der Waals surface area contributed by atoms with Crippen LogP contribution >= 0.6 is 11.3 Å². The zero-order chi connectivity index (χ0) is 8.39. The van der Waals surface area contributed by atoms with E-state index in [0.29, 0.717) is 13.2 Å². The quantitative estimate of drug-likeness (QED) is 0.751. The van der Waals surface area contributed by atoms with Gasteiger partial charge in [0.05, 0.1) is 12.7 Å². The van der Waals surface area contributed by atoms with Gasteiger partial charge < -0.3 is 15.2 Å². The first-order valence-corrected chi connectivity index (χ1v) is 4.83. The van der Waals surface area contributed by atoms with Crippen molar-refractivity contribution in [3.05, 3.63) is 22.4 Å². The topological polar surface area (TPSA) is 44.5 Å². The van der Waals surface area contributed by atoms with Crippen molar-refractivity contribution < 1.29 is 9.47 Å². The molecule has 0 bridgehead atoms. The minimum absolute atomic E-state index is 0.0647. The first-order chi connectivity index (χ1) is 5.90. The number of rotatable bonds is 2. The third-order valence-corrected chi connectivity index (χ3v) is 2.53. The summed E-state index contributed by atoms with van der Waals surface area (Å²) < 4.78 is 10.9. The van der Waals surface area contributed by atoms with E-state index in [4.69, 9.17) is 15.2 Å². The Labute approximate surface area is 75.1 Å². The molecule has 0 amide bonds. The minimum Gasteiger partial charge on any atom is -0.346 e. The van der Waals surface area contributed by atoms with Crippen molar-refractivity contribution in [2.24, 2.45) is 5.73 Å². The number of thiophene rings is 1. The lowest BCUT2D eigenvalue weighted by Crippen LogP contribution is -2.21. The van der Waals surface area contributed by atoms with E-state index in [-0.39, 0.29) is 12.4 Å². The number of hydrogen-bond donors (Lipinski definition) is 1. The van der Waals surface area contributed by atoms with Crippen molar-refractivity contribution in [1.29, 1.82) is 0 Å². The summed E-state index contributed by atoms with van der Waals surface area (Å²) >= 11 is 1.64. The second-order valence-electron chi connectivity index (χ2n) is 2.72. The normalized spacial score (nSPS) is 29.4. The van der Waals surface area contributed by atoms with Crippen molar-refractivity contribution in [2.75, 3.05) is 13.2 Å². The maximum absolute atomic E-state index is 5.51. The third kappa shape index (κ3) is 1.51. The van der Waals surface area contributed by atoms with E-state index in [1.165, 1.54) is 0 Å². The Morgan fingerprint density at radius 2 is 2.58 bits per heavy atom. The van der Waals surface area contributed by atoms with Crippen LogP contribution < -0.4 is 5.73 Å². The zero-order valence-electron chi connectivity index (χ0n) is 6.60. The molecule has 2 unspecified atom stereocenters. The summed E-state index contributed by atoms with van der Waals surface area (Å²) in [6.07, 6.45) is -0.125. The molecule has 2 heterocycles. The van der Waals surface area contributed by atoms with Crippen LogP contribution in [0, 0.1) is 0 Å². The molecule has 1 saturated heterocycles. The van der Waals surface area contributed by atoms with E-state index in [1.807, 2.05) is 16.8 Å². The van der Waals surface area contributed by atoms with Gasteiger partial charge in [-0.2, -0.15) is 11.3 Å². The van der Waals surface area contributed by atoms with Gasteiger partial charge in [0.25, 0.3) is 0 Å². The zero-order valence-corrected chi connectivity index (χ0v) is 7.42. The molecule has 1 aliphatic rings. The second-order valence-corrected chi connectivity index (χ2v) is 3.50. The predicted octanol–water partition coefficient (Wildman–Crippen LogP) is 1.12. The molecule has 0 radical (unpaired) electrons. The molecule has 1 fully saturated rings. The Balaban J connectivity index is 2.00. The average Bonchev–Trinajstić information content (AvgIpc) is 2.75. The van der Waals surface area contributed by atoms with Gasteiger partial charge in [-0.15, -0.1) is 0 Å². The van der Waals surface area contributed by atoms with Crippen molar-refractivity contribution in [2.45, 2.75) is 12.4 Å². The summed E-state index contributed by atoms with van der Waals surface area (Å²) in [6.45, 7) is 1.14. The molecule has 2 N–H and O–H groups in total. The molecule has 1 aromatic heterocycles. The van der Waals surface area contributed by atoms with Gasteiger partial charge in [-0.25, -0.2) is 0 Å². The van der Waals surface area contributed by atoms with Crippen molar-refractivity contribution >= 4 is 11.3 Å². The maximum Gasteiger partial charge on any atom is 0.185 e. The Kier molecular flexibility index (Phi) is 2.41. The summed E-state index contributed by atoms with van der Waals surface area (Å²) in [5, 5.41) is 4.04. The Bertz CT molecular complexity index is 237. The van der Waals surface area contributed by atoms with Crippen LogP contribution in [0.1, 0.15) is 11.9 Å². The molecular formula is C8H11NO2S. The van der Waals surface area contributed by atoms with Crippen LogP contribution in [0.4, 0.5) is 0 Å². The molecule has 1 aromatic rings. The maximum atomic E-state index is 5.51. The first-order valence-electron chi connectivity index (χ1n) is 3.89. The lowest BCUT2D eigenvalue weighted by atomic mass is 10.3. The highest BCUT2D eigenvalue weighted by Crippen LogP contribution is 2.27. The molecule has 66 valence electrons. The van der Waals surface area contributed by atoms with Crippen LogP contribution in [0.5, 0.6) is 0 Å². The minimum atomic E-state index is -0.190. The molecule has 0 saturated carbocycles. The summed E-state index contributed by atoms with van der Waals surface area (Å²) in [5.41, 5.74) is 6.54. The molecule has 0 aromatic carbocycles. The van der Waals surface area contributed by atoms with Crippen LogP contribution in [0.15, 0.2) is 16.8 Å². The Hall–Kier alpha value is -0.420. The summed E-state index contributed by atoms with van der Waals surface area (Å²) in [6, 6.07) is 2.01. The largest absolute Gasteiger partial charge is 0.346 e. The van der Waals surface area contributed by atoms with Gasteiger partial charge in [0.2, 0.25) is 0 Å². The molecule has 2 rings (SSSR count). The summed E-state index contributed by atoms with van der Waals surface area (Å²) in [5.74, 6) is 0. The van der Waals surface area contributed by atoms with Gasteiger partial charge in [0.1, 0.15) is 0 Å². The van der Waals surface area contributed by atoms with Gasteiger partial charge in [-0.3, -0.25) is 0 Å². The second kappa shape index (κ2) is 3.53. The molecule has 2 atom stereocenters. The van der Waals surface area contributed by atoms with Gasteiger partial charge in [-0.05, 0) is 16.8 Å². The fourth-order valence-corrected chi connectivity index (χ4v) is 1.82. The number of nitrogens with two attached hydrogens (primary N) is 1. The smallest absolute Gasteiger partial charge is 0.185 e. The number of hydrogen-bond acceptors (Lipinski definition) is 4. The van der Waals surface area contributed by atoms with E-state index in [1.54, 1.807) is 11.3 Å². The van der Waals surface area contributed by atoms with Gasteiger partial charge in [0.15, 0.2) is 6.29 Å². The summed E-state index contributed by atoms with van der Waals surface area (Å²) in [4.78, 5) is 0. The molecule has 1 aliphatic heterocycles. The van der Waals surface area contributed by atoms with Crippen LogP contribution in [0.3, 0.4) is 0 Å². The molecule has 0 aliphatic carbocycles. The predicted molar refractivity (Wildman–Crippen MR) is 46.9 cm³/mol. The van der Waals surface area contributed by atoms with Crippen molar-refractivity contribution in [3.63, 3.8) is 0 Å². The molecule has 0 spiro atoms. The average molecular weight is 185 g/mol. The fourth-order valence-electron chi connectivity index (χ4n) is 1.16. The molecule has 3 nitrogen and oxygen atoms in total. The van der Waals surface area contributed by atoms with Crippen LogP contribution in [-0.4, -0.2) is 19.3 Å². The lowest BCUT2D eigenvalue weighted by molar-refractivity contribution is -0.0582. The van der Waals surface area contributed by atoms with E-state index in [0.717, 1.165) is 5.56 Å². The molecule has 12 heavy (non-hydrogen) atoms. The van der Waals surface area contributed by atoms with E-state index < -0.39 is 0 Å². The monoisotopic (exact) mass is 185 g/mol. The van der Waals surface area contributed by atoms with Crippen LogP contribution in [0.2, 0.25) is 0 Å². The molecular weight excluding hydrogens is 174 g/mol. The van der Waals surface area contributed by atoms with Crippen molar-refractivity contribution in [1.82, 2.24) is 0 Å². The van der Waals surface area contributed by atoms with Crippen molar-refractivity contribution in [3.8, 4) is 0 Å². The highest BCUT2D eigenvalue weighted by atomic mass is 32.1. The number of ether oxygens (including phenoxy) is 2. The van der Waals surface area contributed by atoms with Gasteiger partial charge in [0, 0.05) is 12.1 Å². The van der Waals surface area contributed by atoms with E-state index in [2.05, 4.69) is 0 Å². The molecule has 4 heteroatoms.